The second-order valence-electron chi connectivity index (χ2n) is 2.75. The topological polar surface area (TPSA) is 29.5 Å². The number of rotatable bonds is 6. The zero-order valence-corrected chi connectivity index (χ0v) is 8.92. The summed E-state index contributed by atoms with van der Waals surface area (Å²) in [6, 6.07) is 0. The van der Waals surface area contributed by atoms with Gasteiger partial charge < -0.3 is 9.84 Å². The van der Waals surface area contributed by atoms with Gasteiger partial charge in [0.25, 0.3) is 0 Å². The number of alkyl halides is 1. The maximum absolute atomic E-state index is 9.28. The van der Waals surface area contributed by atoms with Crippen LogP contribution in [0.25, 0.3) is 0 Å². The van der Waals surface area contributed by atoms with E-state index in [0.717, 1.165) is 12.0 Å². The van der Waals surface area contributed by atoms with E-state index in [2.05, 4.69) is 0 Å². The number of aliphatic hydroxyl groups is 1. The molecule has 0 aromatic heterocycles. The van der Waals surface area contributed by atoms with E-state index in [1.807, 2.05) is 13.0 Å². The number of methoxy groups -OCH3 is 1. The molecule has 0 bridgehead atoms. The number of aliphatic hydroxyl groups excluding tert-OH is 1. The fourth-order valence-electron chi connectivity index (χ4n) is 0.777. The predicted molar refractivity (Wildman–Crippen MR) is 55.9 cm³/mol. The second kappa shape index (κ2) is 8.14. The van der Waals surface area contributed by atoms with Crippen LogP contribution in [0.1, 0.15) is 19.8 Å². The SMILES string of the molecule is CCC(O)C/C=C(/C=C/OC)CCl. The molecule has 0 saturated carbocycles. The summed E-state index contributed by atoms with van der Waals surface area (Å²) in [4.78, 5) is 0. The van der Waals surface area contributed by atoms with Gasteiger partial charge in [0.2, 0.25) is 0 Å². The highest BCUT2D eigenvalue weighted by molar-refractivity contribution is 6.19. The Hall–Kier alpha value is -0.470. The van der Waals surface area contributed by atoms with Gasteiger partial charge in [-0.25, -0.2) is 0 Å². The maximum atomic E-state index is 9.28. The number of ether oxygens (including phenoxy) is 1. The number of allylic oxidation sites excluding steroid dienone is 2. The smallest absolute Gasteiger partial charge is 0.0827 e. The summed E-state index contributed by atoms with van der Waals surface area (Å²) in [6.45, 7) is 1.95. The normalized spacial score (nSPS) is 14.9. The highest BCUT2D eigenvalue weighted by Gasteiger charge is 1.97. The fourth-order valence-corrected chi connectivity index (χ4v) is 0.975. The molecule has 0 aromatic rings. The molecular formula is C10H17ClO2. The molecule has 0 aromatic carbocycles. The summed E-state index contributed by atoms with van der Waals surface area (Å²) in [5.74, 6) is 0.441. The summed E-state index contributed by atoms with van der Waals surface area (Å²) >= 11 is 5.67. The molecule has 0 amide bonds. The first kappa shape index (κ1) is 12.5. The average Bonchev–Trinajstić information content (AvgIpc) is 2.17. The molecule has 0 saturated heterocycles. The summed E-state index contributed by atoms with van der Waals surface area (Å²) in [5, 5.41) is 9.28. The summed E-state index contributed by atoms with van der Waals surface area (Å²) in [5.41, 5.74) is 0.969. The molecule has 2 nitrogen and oxygen atoms in total. The van der Waals surface area contributed by atoms with Gasteiger partial charge in [-0.05, 0) is 24.5 Å². The first-order valence-corrected chi connectivity index (χ1v) is 4.90. The van der Waals surface area contributed by atoms with Crippen LogP contribution in [-0.2, 0) is 4.74 Å². The lowest BCUT2D eigenvalue weighted by atomic mass is 10.1. The van der Waals surface area contributed by atoms with Crippen LogP contribution in [0.2, 0.25) is 0 Å². The molecule has 1 atom stereocenters. The third-order valence-electron chi connectivity index (χ3n) is 1.70. The lowest BCUT2D eigenvalue weighted by Crippen LogP contribution is -2.02. The minimum atomic E-state index is -0.269. The summed E-state index contributed by atoms with van der Waals surface area (Å²) in [6.07, 6.45) is 6.44. The Morgan fingerprint density at radius 1 is 1.62 bits per heavy atom. The van der Waals surface area contributed by atoms with E-state index >= 15 is 0 Å². The van der Waals surface area contributed by atoms with E-state index in [1.54, 1.807) is 19.4 Å². The molecule has 3 heteroatoms. The Kier molecular flexibility index (Phi) is 7.85. The Bertz CT molecular complexity index is 176. The molecule has 0 radical (unpaired) electrons. The van der Waals surface area contributed by atoms with Gasteiger partial charge >= 0.3 is 0 Å². The van der Waals surface area contributed by atoms with Crippen molar-refractivity contribution in [3.05, 3.63) is 24.0 Å². The van der Waals surface area contributed by atoms with Gasteiger partial charge in [-0.3, -0.25) is 0 Å². The maximum Gasteiger partial charge on any atom is 0.0827 e. The van der Waals surface area contributed by atoms with Crippen LogP contribution in [0.3, 0.4) is 0 Å². The van der Waals surface area contributed by atoms with Crippen molar-refractivity contribution >= 4 is 11.6 Å². The molecule has 1 N–H and O–H groups in total. The van der Waals surface area contributed by atoms with Crippen molar-refractivity contribution in [1.29, 1.82) is 0 Å². The van der Waals surface area contributed by atoms with Crippen LogP contribution in [-0.4, -0.2) is 24.2 Å². The molecule has 0 heterocycles. The molecule has 0 rings (SSSR count). The molecular weight excluding hydrogens is 188 g/mol. The van der Waals surface area contributed by atoms with Gasteiger partial charge in [0.15, 0.2) is 0 Å². The predicted octanol–water partition coefficient (Wildman–Crippen LogP) is 2.47. The Labute approximate surface area is 84.9 Å². The molecule has 0 spiro atoms. The summed E-state index contributed by atoms with van der Waals surface area (Å²) < 4.78 is 4.76. The lowest BCUT2D eigenvalue weighted by molar-refractivity contribution is 0.173. The van der Waals surface area contributed by atoms with Crippen molar-refractivity contribution in [3.63, 3.8) is 0 Å². The van der Waals surface area contributed by atoms with Gasteiger partial charge in [-0.1, -0.05) is 13.0 Å². The first-order chi connectivity index (χ1) is 6.24. The molecule has 0 aliphatic heterocycles. The van der Waals surface area contributed by atoms with E-state index in [1.165, 1.54) is 0 Å². The van der Waals surface area contributed by atoms with Crippen molar-refractivity contribution in [2.75, 3.05) is 13.0 Å². The van der Waals surface area contributed by atoms with E-state index in [-0.39, 0.29) is 6.10 Å². The number of hydrogen-bond donors (Lipinski definition) is 1. The summed E-state index contributed by atoms with van der Waals surface area (Å²) in [7, 11) is 1.59. The Morgan fingerprint density at radius 2 is 2.31 bits per heavy atom. The first-order valence-electron chi connectivity index (χ1n) is 4.37. The van der Waals surface area contributed by atoms with Crippen LogP contribution < -0.4 is 0 Å². The van der Waals surface area contributed by atoms with E-state index in [4.69, 9.17) is 16.3 Å². The van der Waals surface area contributed by atoms with Crippen molar-refractivity contribution in [2.24, 2.45) is 0 Å². The van der Waals surface area contributed by atoms with Gasteiger partial charge in [0.1, 0.15) is 0 Å². The number of hydrogen-bond acceptors (Lipinski definition) is 2. The number of halogens is 1. The average molecular weight is 205 g/mol. The molecule has 0 aliphatic carbocycles. The van der Waals surface area contributed by atoms with Crippen LogP contribution in [0.4, 0.5) is 0 Å². The highest BCUT2D eigenvalue weighted by Crippen LogP contribution is 2.05. The van der Waals surface area contributed by atoms with E-state index < -0.39 is 0 Å². The van der Waals surface area contributed by atoms with Crippen LogP contribution in [0.5, 0.6) is 0 Å². The minimum absolute atomic E-state index is 0.269. The monoisotopic (exact) mass is 204 g/mol. The quantitative estimate of drug-likeness (QED) is 0.409. The Balaban J connectivity index is 3.98. The zero-order valence-electron chi connectivity index (χ0n) is 8.16. The van der Waals surface area contributed by atoms with Crippen molar-refractivity contribution in [1.82, 2.24) is 0 Å². The third-order valence-corrected chi connectivity index (χ3v) is 2.00. The largest absolute Gasteiger partial charge is 0.504 e. The molecule has 76 valence electrons. The molecule has 13 heavy (non-hydrogen) atoms. The van der Waals surface area contributed by atoms with Crippen molar-refractivity contribution in [3.8, 4) is 0 Å². The van der Waals surface area contributed by atoms with E-state index in [9.17, 15) is 5.11 Å². The van der Waals surface area contributed by atoms with Gasteiger partial charge in [0.05, 0.1) is 19.5 Å². The third kappa shape index (κ3) is 6.67. The molecule has 0 fully saturated rings. The highest BCUT2D eigenvalue weighted by atomic mass is 35.5. The lowest BCUT2D eigenvalue weighted by Gasteiger charge is -2.03. The van der Waals surface area contributed by atoms with Crippen molar-refractivity contribution < 1.29 is 9.84 Å². The van der Waals surface area contributed by atoms with E-state index in [0.29, 0.717) is 12.3 Å². The van der Waals surface area contributed by atoms with Crippen LogP contribution in [0.15, 0.2) is 24.0 Å². The van der Waals surface area contributed by atoms with Gasteiger partial charge in [0, 0.05) is 5.88 Å². The standard InChI is InChI=1S/C10H17ClO2/c1-3-10(12)5-4-9(8-11)6-7-13-2/h4,6-7,10,12H,3,5,8H2,1-2H3/b7-6+,9-4-. The fraction of sp³-hybridized carbons (Fsp3) is 0.600. The van der Waals surface area contributed by atoms with Gasteiger partial charge in [-0.2, -0.15) is 0 Å². The molecule has 1 unspecified atom stereocenters. The molecule has 0 aliphatic rings. The van der Waals surface area contributed by atoms with Crippen LogP contribution >= 0.6 is 11.6 Å². The van der Waals surface area contributed by atoms with Crippen LogP contribution in [0, 0.1) is 0 Å². The second-order valence-corrected chi connectivity index (χ2v) is 3.02. The van der Waals surface area contributed by atoms with Crippen molar-refractivity contribution in [2.45, 2.75) is 25.9 Å². The Morgan fingerprint density at radius 3 is 2.77 bits per heavy atom. The zero-order chi connectivity index (χ0) is 10.1. The minimum Gasteiger partial charge on any atom is -0.504 e. The van der Waals surface area contributed by atoms with Gasteiger partial charge in [-0.15, -0.1) is 11.6 Å².